The van der Waals surface area contributed by atoms with Crippen LogP contribution in [0.3, 0.4) is 0 Å². The van der Waals surface area contributed by atoms with E-state index in [0.717, 1.165) is 22.7 Å². The van der Waals surface area contributed by atoms with E-state index in [-0.39, 0.29) is 22.0 Å². The van der Waals surface area contributed by atoms with Gasteiger partial charge in [0.15, 0.2) is 0 Å². The smallest absolute Gasteiger partial charge is 0.390 e. The van der Waals surface area contributed by atoms with Crippen molar-refractivity contribution in [1.82, 2.24) is 20.0 Å². The molecule has 2 aliphatic heterocycles. The topological polar surface area (TPSA) is 87.5 Å². The van der Waals surface area contributed by atoms with Crippen molar-refractivity contribution < 1.29 is 27.9 Å². The number of β-amino-alcohol motifs (C(OH)–C–C–N with tert-alkyl or cyclic N) is 1. The zero-order valence-electron chi connectivity index (χ0n) is 17.9. The van der Waals surface area contributed by atoms with Gasteiger partial charge in [-0.15, -0.1) is 0 Å². The number of fused-ring (bicyclic) bond motifs is 1. The molecule has 0 bridgehead atoms. The minimum Gasteiger partial charge on any atom is -0.390 e. The first kappa shape index (κ1) is 23.9. The maximum Gasteiger partial charge on any atom is 0.416 e. The third kappa shape index (κ3) is 4.56. The molecule has 12 heteroatoms. The first-order valence-electron chi connectivity index (χ1n) is 10.6. The molecule has 5 rings (SSSR count). The summed E-state index contributed by atoms with van der Waals surface area (Å²) >= 11 is 6.57. The van der Waals surface area contributed by atoms with Gasteiger partial charge in [-0.2, -0.15) is 18.3 Å². The molecular weight excluding hydrogens is 505 g/mol. The van der Waals surface area contributed by atoms with Gasteiger partial charge in [-0.3, -0.25) is 19.2 Å². The summed E-state index contributed by atoms with van der Waals surface area (Å²) in [5.41, 5.74) is 0.463. The summed E-state index contributed by atoms with van der Waals surface area (Å²) in [6.45, 7) is 0.541. The molecule has 2 amide bonds. The number of nitrogens with zero attached hydrogens (tertiary/aromatic N) is 3. The van der Waals surface area contributed by atoms with E-state index in [1.54, 1.807) is 24.3 Å². The molecule has 7 nitrogen and oxygen atoms in total. The molecule has 1 aromatic heterocycles. The number of hydrogen-bond donors (Lipinski definition) is 2. The molecule has 182 valence electrons. The van der Waals surface area contributed by atoms with Crippen LogP contribution in [0.4, 0.5) is 18.0 Å². The van der Waals surface area contributed by atoms with Crippen LogP contribution in [0.2, 0.25) is 5.02 Å². The summed E-state index contributed by atoms with van der Waals surface area (Å²) in [6.07, 6.45) is -2.26. The van der Waals surface area contributed by atoms with Crippen molar-refractivity contribution in [1.29, 1.82) is 0 Å². The Morgan fingerprint density at radius 3 is 2.71 bits per heavy atom. The molecule has 3 aromatic rings. The normalized spacial score (nSPS) is 22.2. The largest absolute Gasteiger partial charge is 0.416 e. The van der Waals surface area contributed by atoms with Crippen molar-refractivity contribution in [3.8, 4) is 0 Å². The second kappa shape index (κ2) is 8.98. The molecule has 0 aliphatic carbocycles. The zero-order valence-corrected chi connectivity index (χ0v) is 19.5. The minimum absolute atomic E-state index is 0.000780. The number of alkyl halides is 3. The van der Waals surface area contributed by atoms with Crippen molar-refractivity contribution in [2.24, 2.45) is 0 Å². The van der Waals surface area contributed by atoms with E-state index >= 15 is 0 Å². The lowest BCUT2D eigenvalue weighted by Crippen LogP contribution is -2.45. The van der Waals surface area contributed by atoms with Gasteiger partial charge in [0.2, 0.25) is 0 Å². The van der Waals surface area contributed by atoms with Crippen LogP contribution in [-0.4, -0.2) is 56.2 Å². The number of carbonyl (C=O) groups is 2. The number of nitrogens with one attached hydrogen (secondary N) is 1. The molecular formula is C23H18ClF3N4O3S. The van der Waals surface area contributed by atoms with Crippen molar-refractivity contribution in [3.05, 3.63) is 69.2 Å². The first-order valence-corrected chi connectivity index (χ1v) is 11.8. The van der Waals surface area contributed by atoms with Gasteiger partial charge in [-0.05, 0) is 53.2 Å². The van der Waals surface area contributed by atoms with Gasteiger partial charge in [0.05, 0.1) is 40.9 Å². The van der Waals surface area contributed by atoms with Crippen LogP contribution in [0.5, 0.6) is 0 Å². The van der Waals surface area contributed by atoms with Gasteiger partial charge < -0.3 is 10.4 Å². The average molecular weight is 523 g/mol. The molecule has 0 radical (unpaired) electrons. The maximum atomic E-state index is 13.5. The van der Waals surface area contributed by atoms with Crippen LogP contribution in [0, 0.1) is 0 Å². The SMILES string of the molecule is O=C1SC(=Cc2ccc3c(cnn3Cc3ccc(Cl)cc3C(F)(F)F)c2)C(=O)N1[C@H]1CNC[C@@H]1O. The van der Waals surface area contributed by atoms with Crippen LogP contribution in [0.15, 0.2) is 47.5 Å². The van der Waals surface area contributed by atoms with Gasteiger partial charge in [0, 0.05) is 23.5 Å². The monoisotopic (exact) mass is 522 g/mol. The number of rotatable bonds is 4. The lowest BCUT2D eigenvalue weighted by atomic mass is 10.1. The maximum absolute atomic E-state index is 13.5. The van der Waals surface area contributed by atoms with Gasteiger partial charge in [0.1, 0.15) is 0 Å². The predicted octanol–water partition coefficient (Wildman–Crippen LogP) is 4.13. The quantitative estimate of drug-likeness (QED) is 0.501. The minimum atomic E-state index is -4.55. The summed E-state index contributed by atoms with van der Waals surface area (Å²) < 4.78 is 41.8. The number of aliphatic hydroxyl groups excluding tert-OH is 1. The fourth-order valence-corrected chi connectivity index (χ4v) is 5.32. The summed E-state index contributed by atoms with van der Waals surface area (Å²) in [4.78, 5) is 26.6. The summed E-state index contributed by atoms with van der Waals surface area (Å²) in [7, 11) is 0. The number of imide groups is 1. The van der Waals surface area contributed by atoms with E-state index in [1.807, 2.05) is 0 Å². The fraction of sp³-hybridized carbons (Fsp3) is 0.261. The van der Waals surface area contributed by atoms with Crippen LogP contribution in [-0.2, 0) is 17.5 Å². The molecule has 2 aliphatic rings. The van der Waals surface area contributed by atoms with Gasteiger partial charge >= 0.3 is 6.18 Å². The predicted molar refractivity (Wildman–Crippen MR) is 126 cm³/mol. The van der Waals surface area contributed by atoms with E-state index in [2.05, 4.69) is 10.4 Å². The van der Waals surface area contributed by atoms with E-state index in [9.17, 15) is 27.9 Å². The standard InChI is InChI=1S/C23H18ClF3N4O3S/c24-15-3-2-13(16(7-15)23(25,26)27)11-30-17-4-1-12(5-14(17)8-29-30)6-20-21(33)31(22(34)35-20)18-9-28-10-19(18)32/h1-8,18-19,28,32H,9-11H2/t18-,19-/m0/s1. The molecule has 2 atom stereocenters. The van der Waals surface area contributed by atoms with E-state index in [1.165, 1.54) is 23.0 Å². The van der Waals surface area contributed by atoms with Gasteiger partial charge in [0.25, 0.3) is 11.1 Å². The number of carbonyl (C=O) groups excluding carboxylic acids is 2. The lowest BCUT2D eigenvalue weighted by molar-refractivity contribution is -0.138. The molecule has 2 aromatic carbocycles. The van der Waals surface area contributed by atoms with E-state index < -0.39 is 35.0 Å². The Morgan fingerprint density at radius 1 is 1.20 bits per heavy atom. The molecule has 3 heterocycles. The third-order valence-corrected chi connectivity index (χ3v) is 7.09. The second-order valence-electron chi connectivity index (χ2n) is 8.26. The van der Waals surface area contributed by atoms with E-state index in [0.29, 0.717) is 29.6 Å². The first-order chi connectivity index (χ1) is 16.6. The van der Waals surface area contributed by atoms with E-state index in [4.69, 9.17) is 11.6 Å². The Kier molecular flexibility index (Phi) is 6.12. The van der Waals surface area contributed by atoms with Gasteiger partial charge in [-0.1, -0.05) is 23.7 Å². The second-order valence-corrected chi connectivity index (χ2v) is 9.69. The Labute approximate surface area is 206 Å². The molecule has 2 N–H and O–H groups in total. The number of thioether (sulfide) groups is 1. The lowest BCUT2D eigenvalue weighted by Gasteiger charge is -2.22. The number of amides is 2. The summed E-state index contributed by atoms with van der Waals surface area (Å²) in [5.74, 6) is -0.467. The summed E-state index contributed by atoms with van der Waals surface area (Å²) in [5, 5.41) is 17.5. The summed E-state index contributed by atoms with van der Waals surface area (Å²) in [6, 6.07) is 8.17. The highest BCUT2D eigenvalue weighted by Gasteiger charge is 2.44. The molecule has 2 saturated heterocycles. The number of hydrogen-bond acceptors (Lipinski definition) is 6. The van der Waals surface area contributed by atoms with Crippen LogP contribution >= 0.6 is 23.4 Å². The number of aromatic nitrogens is 2. The fourth-order valence-electron chi connectivity index (χ4n) is 4.26. The van der Waals surface area contributed by atoms with Crippen LogP contribution in [0.25, 0.3) is 17.0 Å². The number of benzene rings is 2. The number of aliphatic hydroxyl groups is 1. The Hall–Kier alpha value is -2.86. The highest BCUT2D eigenvalue weighted by molar-refractivity contribution is 8.18. The molecule has 0 unspecified atom stereocenters. The zero-order chi connectivity index (χ0) is 24.9. The van der Waals surface area contributed by atoms with Crippen molar-refractivity contribution in [3.63, 3.8) is 0 Å². The Bertz CT molecular complexity index is 1370. The molecule has 0 spiro atoms. The third-order valence-electron chi connectivity index (χ3n) is 5.97. The molecule has 2 fully saturated rings. The van der Waals surface area contributed by atoms with Crippen LogP contribution < -0.4 is 5.32 Å². The van der Waals surface area contributed by atoms with Crippen LogP contribution in [0.1, 0.15) is 16.7 Å². The molecule has 35 heavy (non-hydrogen) atoms. The van der Waals surface area contributed by atoms with Crippen molar-refractivity contribution in [2.45, 2.75) is 24.9 Å². The average Bonchev–Trinajstić information content (AvgIpc) is 3.46. The van der Waals surface area contributed by atoms with Crippen molar-refractivity contribution >= 4 is 51.5 Å². The highest BCUT2D eigenvalue weighted by atomic mass is 35.5. The Morgan fingerprint density at radius 2 is 2.00 bits per heavy atom. The Balaban J connectivity index is 1.41. The number of halogens is 4. The van der Waals surface area contributed by atoms with Gasteiger partial charge in [-0.25, -0.2) is 0 Å². The highest BCUT2D eigenvalue weighted by Crippen LogP contribution is 2.36. The van der Waals surface area contributed by atoms with Crippen molar-refractivity contribution in [2.75, 3.05) is 13.1 Å². The molecule has 0 saturated carbocycles.